The van der Waals surface area contributed by atoms with Crippen LogP contribution in [0.3, 0.4) is 0 Å². The molecule has 4 rings (SSSR count). The molecule has 0 aliphatic carbocycles. The van der Waals surface area contributed by atoms with Crippen molar-refractivity contribution in [3.05, 3.63) is 46.9 Å². The summed E-state index contributed by atoms with van der Waals surface area (Å²) in [5.41, 5.74) is 1.14. The number of nitrogens with zero attached hydrogens (tertiary/aromatic N) is 1. The molecule has 1 fully saturated rings. The van der Waals surface area contributed by atoms with Crippen molar-refractivity contribution in [2.24, 2.45) is 0 Å². The second kappa shape index (κ2) is 9.45. The third kappa shape index (κ3) is 5.06. The molecule has 0 radical (unpaired) electrons. The maximum atomic E-state index is 12.8. The normalized spacial score (nSPS) is 16.0. The van der Waals surface area contributed by atoms with Gasteiger partial charge >= 0.3 is 0 Å². The van der Waals surface area contributed by atoms with Crippen LogP contribution in [-0.4, -0.2) is 48.5 Å². The zero-order valence-electron chi connectivity index (χ0n) is 18.2. The maximum absolute atomic E-state index is 12.8. The van der Waals surface area contributed by atoms with Gasteiger partial charge in [-0.3, -0.25) is 19.3 Å². The number of fused-ring (bicyclic) bond motifs is 1. The second-order valence-corrected chi connectivity index (χ2v) is 8.45. The number of carbonyl (C=O) groups is 3. The van der Waals surface area contributed by atoms with Crippen LogP contribution in [-0.2, 0) is 9.59 Å². The Hall–Kier alpha value is -3.66. The first kappa shape index (κ1) is 22.5. The largest absolute Gasteiger partial charge is 0.493 e. The summed E-state index contributed by atoms with van der Waals surface area (Å²) in [5.74, 6) is 1.16. The summed E-state index contributed by atoms with van der Waals surface area (Å²) in [4.78, 5) is 38.7. The predicted octanol–water partition coefficient (Wildman–Crippen LogP) is 3.89. The first-order valence-corrected chi connectivity index (χ1v) is 11.0. The van der Waals surface area contributed by atoms with Crippen LogP contribution in [0.15, 0.2) is 41.3 Å². The summed E-state index contributed by atoms with van der Waals surface area (Å²) in [6.07, 6.45) is 1.56. The van der Waals surface area contributed by atoms with Crippen molar-refractivity contribution in [2.45, 2.75) is 20.0 Å². The predicted molar refractivity (Wildman–Crippen MR) is 123 cm³/mol. The fraction of sp³-hybridized carbons (Fsp3) is 0.261. The number of ether oxygens (including phenoxy) is 4. The Bertz CT molecular complexity index is 1150. The molecule has 0 aromatic heterocycles. The highest BCUT2D eigenvalue weighted by molar-refractivity contribution is 8.18. The second-order valence-electron chi connectivity index (χ2n) is 7.46. The first-order valence-electron chi connectivity index (χ1n) is 10.1. The number of hydrogen-bond donors (Lipinski definition) is 1. The monoisotopic (exact) mass is 470 g/mol. The van der Waals surface area contributed by atoms with E-state index in [0.29, 0.717) is 34.2 Å². The van der Waals surface area contributed by atoms with Gasteiger partial charge in [0.05, 0.1) is 18.1 Å². The lowest BCUT2D eigenvalue weighted by Crippen LogP contribution is -2.36. The van der Waals surface area contributed by atoms with E-state index in [1.807, 2.05) is 13.8 Å². The highest BCUT2D eigenvalue weighted by Crippen LogP contribution is 2.36. The minimum atomic E-state index is -0.535. The fourth-order valence-electron chi connectivity index (χ4n) is 3.23. The van der Waals surface area contributed by atoms with Gasteiger partial charge in [0.1, 0.15) is 6.54 Å². The number of hydrogen-bond acceptors (Lipinski definition) is 8. The Kier molecular flexibility index (Phi) is 6.45. The third-order valence-electron chi connectivity index (χ3n) is 4.68. The molecule has 2 heterocycles. The maximum Gasteiger partial charge on any atom is 0.294 e. The number of carbonyl (C=O) groups excluding carboxylic acids is 3. The van der Waals surface area contributed by atoms with Gasteiger partial charge in [0.2, 0.25) is 12.7 Å². The molecule has 2 aliphatic rings. The molecule has 0 bridgehead atoms. The number of methoxy groups -OCH3 is 1. The molecular weight excluding hydrogens is 448 g/mol. The van der Waals surface area contributed by atoms with Gasteiger partial charge in [0, 0.05) is 11.8 Å². The smallest absolute Gasteiger partial charge is 0.294 e. The fourth-order valence-corrected chi connectivity index (χ4v) is 4.07. The van der Waals surface area contributed by atoms with Crippen LogP contribution in [0.2, 0.25) is 0 Å². The van der Waals surface area contributed by atoms with Crippen LogP contribution in [0.25, 0.3) is 6.08 Å². The van der Waals surface area contributed by atoms with Crippen molar-refractivity contribution in [3.8, 4) is 23.0 Å². The van der Waals surface area contributed by atoms with Crippen molar-refractivity contribution in [1.29, 1.82) is 0 Å². The lowest BCUT2D eigenvalue weighted by atomic mass is 10.2. The summed E-state index contributed by atoms with van der Waals surface area (Å²) < 4.78 is 21.6. The van der Waals surface area contributed by atoms with Gasteiger partial charge < -0.3 is 24.3 Å². The summed E-state index contributed by atoms with van der Waals surface area (Å²) in [6.45, 7) is 3.54. The minimum Gasteiger partial charge on any atom is -0.493 e. The van der Waals surface area contributed by atoms with Crippen molar-refractivity contribution in [1.82, 2.24) is 4.90 Å². The number of anilines is 1. The molecule has 1 N–H and O–H groups in total. The Balaban J connectivity index is 1.44. The van der Waals surface area contributed by atoms with Crippen molar-refractivity contribution in [3.63, 3.8) is 0 Å². The first-order chi connectivity index (χ1) is 15.8. The molecule has 0 atom stereocenters. The summed E-state index contributed by atoms with van der Waals surface area (Å²) in [6, 6.07) is 10.2. The summed E-state index contributed by atoms with van der Waals surface area (Å²) in [7, 11) is 1.53. The van der Waals surface area contributed by atoms with Gasteiger partial charge in [0.25, 0.3) is 11.1 Å². The van der Waals surface area contributed by atoms with Crippen LogP contribution >= 0.6 is 11.8 Å². The zero-order chi connectivity index (χ0) is 23.5. The van der Waals surface area contributed by atoms with Crippen LogP contribution in [0.5, 0.6) is 23.0 Å². The average Bonchev–Trinajstić information content (AvgIpc) is 3.34. The van der Waals surface area contributed by atoms with Crippen molar-refractivity contribution < 1.29 is 33.3 Å². The Morgan fingerprint density at radius 2 is 1.94 bits per heavy atom. The summed E-state index contributed by atoms with van der Waals surface area (Å²) >= 11 is 0.779. The van der Waals surface area contributed by atoms with Crippen LogP contribution in [0.1, 0.15) is 19.4 Å². The van der Waals surface area contributed by atoms with Gasteiger partial charge in [-0.25, -0.2) is 0 Å². The van der Waals surface area contributed by atoms with E-state index in [1.165, 1.54) is 7.11 Å². The lowest BCUT2D eigenvalue weighted by molar-refractivity contribution is -0.127. The van der Waals surface area contributed by atoms with Crippen LogP contribution in [0.4, 0.5) is 10.5 Å². The lowest BCUT2D eigenvalue weighted by Gasteiger charge is -2.14. The molecule has 1 saturated heterocycles. The van der Waals surface area contributed by atoms with Gasteiger partial charge in [-0.15, -0.1) is 0 Å². The van der Waals surface area contributed by atoms with Crippen LogP contribution in [0, 0.1) is 0 Å². The number of amides is 3. The van der Waals surface area contributed by atoms with Gasteiger partial charge in [-0.2, -0.15) is 0 Å². The number of rotatable bonds is 7. The highest BCUT2D eigenvalue weighted by atomic mass is 32.2. The zero-order valence-corrected chi connectivity index (χ0v) is 19.1. The molecule has 0 unspecified atom stereocenters. The molecule has 3 amide bonds. The van der Waals surface area contributed by atoms with Gasteiger partial charge in [-0.1, -0.05) is 6.07 Å². The Morgan fingerprint density at radius 3 is 2.70 bits per heavy atom. The van der Waals surface area contributed by atoms with E-state index in [4.69, 9.17) is 18.9 Å². The third-order valence-corrected chi connectivity index (χ3v) is 5.59. The molecule has 33 heavy (non-hydrogen) atoms. The van der Waals surface area contributed by atoms with Crippen molar-refractivity contribution in [2.75, 3.05) is 25.8 Å². The van der Waals surface area contributed by atoms with Gasteiger partial charge in [-0.05, 0) is 61.5 Å². The summed E-state index contributed by atoms with van der Waals surface area (Å²) in [5, 5.41) is 2.15. The number of benzene rings is 2. The molecule has 2 aromatic rings. The van der Waals surface area contributed by atoms with Crippen molar-refractivity contribution >= 4 is 40.6 Å². The highest BCUT2D eigenvalue weighted by Gasteiger charge is 2.36. The van der Waals surface area contributed by atoms with E-state index in [9.17, 15) is 14.4 Å². The molecule has 2 aromatic carbocycles. The van der Waals surface area contributed by atoms with Gasteiger partial charge in [0.15, 0.2) is 23.0 Å². The molecular formula is C23H22N2O7S. The number of imide groups is 1. The van der Waals surface area contributed by atoms with E-state index in [2.05, 4.69) is 5.32 Å². The van der Waals surface area contributed by atoms with E-state index in [1.54, 1.807) is 42.5 Å². The van der Waals surface area contributed by atoms with E-state index >= 15 is 0 Å². The van der Waals surface area contributed by atoms with E-state index in [0.717, 1.165) is 16.7 Å². The van der Waals surface area contributed by atoms with E-state index < -0.39 is 23.6 Å². The Morgan fingerprint density at radius 1 is 1.15 bits per heavy atom. The number of nitrogens with one attached hydrogen (secondary N) is 1. The quantitative estimate of drug-likeness (QED) is 0.608. The number of thioether (sulfide) groups is 1. The molecule has 10 heteroatoms. The van der Waals surface area contributed by atoms with Crippen LogP contribution < -0.4 is 24.3 Å². The molecule has 2 aliphatic heterocycles. The van der Waals surface area contributed by atoms with E-state index in [-0.39, 0.29) is 17.8 Å². The topological polar surface area (TPSA) is 103 Å². The molecule has 0 saturated carbocycles. The molecule has 9 nitrogen and oxygen atoms in total. The minimum absolute atomic E-state index is 0.0231. The molecule has 0 spiro atoms. The average molecular weight is 471 g/mol. The SMILES string of the molecule is COc1cc(/C=C2\SC(=O)N(CC(=O)Nc3ccc4c(c3)OCO4)C2=O)ccc1OC(C)C. The standard InChI is InChI=1S/C23H22N2O7S/c1-13(2)32-17-6-4-14(8-18(17)29-3)9-20-22(27)25(23(28)33-20)11-21(26)24-15-5-7-16-19(10-15)31-12-30-16/h4-10,13H,11-12H2,1-3H3,(H,24,26)/b20-9-. The Labute approximate surface area is 194 Å². The molecule has 172 valence electrons.